The highest BCUT2D eigenvalue weighted by Gasteiger charge is 2.21. The topological polar surface area (TPSA) is 65.5 Å². The summed E-state index contributed by atoms with van der Waals surface area (Å²) in [6.07, 6.45) is 5.10. The van der Waals surface area contributed by atoms with Gasteiger partial charge in [0.15, 0.2) is 0 Å². The van der Waals surface area contributed by atoms with Gasteiger partial charge in [0.2, 0.25) is 0 Å². The number of ether oxygens (including phenoxy) is 3. The van der Waals surface area contributed by atoms with Crippen LogP contribution >= 0.6 is 0 Å². The molecule has 0 radical (unpaired) electrons. The summed E-state index contributed by atoms with van der Waals surface area (Å²) >= 11 is 0. The molecule has 6 nitrogen and oxygen atoms in total. The monoisotopic (exact) mass is 389 g/mol. The van der Waals surface area contributed by atoms with Crippen LogP contribution in [0.5, 0.6) is 11.5 Å². The number of benzene rings is 2. The normalized spacial score (nSPS) is 17.6. The quantitative estimate of drug-likeness (QED) is 0.699. The molecule has 2 unspecified atom stereocenters. The number of fused-ring (bicyclic) bond motifs is 1. The molecule has 3 aromatic rings. The van der Waals surface area contributed by atoms with Crippen molar-refractivity contribution in [3.8, 4) is 11.5 Å². The largest absolute Gasteiger partial charge is 0.457 e. The number of aryl methyl sites for hydroxylation is 1. The predicted molar refractivity (Wildman–Crippen MR) is 113 cm³/mol. The summed E-state index contributed by atoms with van der Waals surface area (Å²) < 4.78 is 17.1. The summed E-state index contributed by atoms with van der Waals surface area (Å²) in [4.78, 5) is 8.81. The van der Waals surface area contributed by atoms with Crippen LogP contribution in [0, 0.1) is 6.92 Å². The third kappa shape index (κ3) is 4.13. The van der Waals surface area contributed by atoms with Crippen LogP contribution in [0.2, 0.25) is 0 Å². The maximum absolute atomic E-state index is 6.04. The van der Waals surface area contributed by atoms with E-state index in [4.69, 9.17) is 14.2 Å². The SMILES string of the molecule is COC1C=c2ncnc(Nc3ccc(C)c(Oc4ccccc4)c3)c2=CC1OC. The highest BCUT2D eigenvalue weighted by atomic mass is 16.5. The lowest BCUT2D eigenvalue weighted by Crippen LogP contribution is -2.42. The molecule has 0 bridgehead atoms. The first-order chi connectivity index (χ1) is 14.2. The minimum absolute atomic E-state index is 0.180. The fourth-order valence-corrected chi connectivity index (χ4v) is 3.26. The highest BCUT2D eigenvalue weighted by molar-refractivity contribution is 5.62. The average molecular weight is 389 g/mol. The Morgan fingerprint density at radius 2 is 1.66 bits per heavy atom. The summed E-state index contributed by atoms with van der Waals surface area (Å²) in [5.41, 5.74) is 1.92. The van der Waals surface area contributed by atoms with Crippen molar-refractivity contribution in [2.75, 3.05) is 19.5 Å². The Labute approximate surface area is 169 Å². The maximum atomic E-state index is 6.04. The lowest BCUT2D eigenvalue weighted by atomic mass is 10.1. The number of nitrogens with zero attached hydrogens (tertiary/aromatic N) is 2. The van der Waals surface area contributed by atoms with E-state index in [0.717, 1.165) is 33.3 Å². The molecule has 29 heavy (non-hydrogen) atoms. The molecular weight excluding hydrogens is 366 g/mol. The molecule has 1 aliphatic rings. The molecule has 1 N–H and O–H groups in total. The van der Waals surface area contributed by atoms with E-state index in [2.05, 4.69) is 15.3 Å². The van der Waals surface area contributed by atoms with Gasteiger partial charge < -0.3 is 19.5 Å². The first-order valence-electron chi connectivity index (χ1n) is 9.39. The van der Waals surface area contributed by atoms with Crippen LogP contribution in [0.3, 0.4) is 0 Å². The third-order valence-electron chi connectivity index (χ3n) is 4.86. The number of nitrogens with one attached hydrogen (secondary N) is 1. The lowest BCUT2D eigenvalue weighted by molar-refractivity contribution is 0.0303. The third-order valence-corrected chi connectivity index (χ3v) is 4.86. The van der Waals surface area contributed by atoms with Gasteiger partial charge in [-0.3, -0.25) is 0 Å². The van der Waals surface area contributed by atoms with E-state index >= 15 is 0 Å². The zero-order valence-electron chi connectivity index (χ0n) is 16.6. The Morgan fingerprint density at radius 3 is 2.41 bits per heavy atom. The van der Waals surface area contributed by atoms with Crippen LogP contribution in [-0.2, 0) is 9.47 Å². The zero-order chi connectivity index (χ0) is 20.2. The first-order valence-corrected chi connectivity index (χ1v) is 9.39. The fraction of sp³-hybridized carbons (Fsp3) is 0.217. The van der Waals surface area contributed by atoms with Crippen molar-refractivity contribution >= 4 is 23.7 Å². The second-order valence-corrected chi connectivity index (χ2v) is 6.78. The smallest absolute Gasteiger partial charge is 0.141 e. The predicted octanol–water partition coefficient (Wildman–Crippen LogP) is 2.93. The summed E-state index contributed by atoms with van der Waals surface area (Å²) in [6, 6.07) is 15.7. The standard InChI is InChI=1S/C23H23N3O3/c1-15-9-10-16(11-20(15)29-17-7-5-4-6-8-17)26-23-18-12-21(27-2)22(28-3)13-19(18)24-14-25-23/h4-14,21-22H,1-3H3,(H,24,25,26). The molecule has 1 aliphatic carbocycles. The number of aromatic nitrogens is 2. The van der Waals surface area contributed by atoms with E-state index in [0.29, 0.717) is 5.82 Å². The fourth-order valence-electron chi connectivity index (χ4n) is 3.26. The Morgan fingerprint density at radius 1 is 0.897 bits per heavy atom. The number of rotatable bonds is 6. The Balaban J connectivity index is 1.67. The van der Waals surface area contributed by atoms with Crippen molar-refractivity contribution in [2.45, 2.75) is 19.1 Å². The first kappa shape index (κ1) is 19.1. The van der Waals surface area contributed by atoms with Crippen molar-refractivity contribution < 1.29 is 14.2 Å². The van der Waals surface area contributed by atoms with Gasteiger partial charge in [-0.05, 0) is 42.8 Å². The molecule has 0 saturated heterocycles. The van der Waals surface area contributed by atoms with Gasteiger partial charge in [0.05, 0.1) is 5.35 Å². The second kappa shape index (κ2) is 8.43. The zero-order valence-corrected chi connectivity index (χ0v) is 16.6. The molecule has 0 spiro atoms. The molecule has 1 heterocycles. The molecular formula is C23H23N3O3. The van der Waals surface area contributed by atoms with Crippen LogP contribution in [-0.4, -0.2) is 36.4 Å². The van der Waals surface area contributed by atoms with Gasteiger partial charge in [0, 0.05) is 31.2 Å². The summed E-state index contributed by atoms with van der Waals surface area (Å²) in [7, 11) is 3.32. The van der Waals surface area contributed by atoms with Gasteiger partial charge in [0.1, 0.15) is 35.9 Å². The van der Waals surface area contributed by atoms with Crippen molar-refractivity contribution in [3.63, 3.8) is 0 Å². The molecule has 1 aromatic heterocycles. The number of hydrogen-bond donors (Lipinski definition) is 1. The van der Waals surface area contributed by atoms with E-state index in [1.54, 1.807) is 20.5 Å². The van der Waals surface area contributed by atoms with E-state index in [-0.39, 0.29) is 12.2 Å². The van der Waals surface area contributed by atoms with Gasteiger partial charge in [-0.15, -0.1) is 0 Å². The van der Waals surface area contributed by atoms with E-state index in [1.807, 2.05) is 67.6 Å². The van der Waals surface area contributed by atoms with Crippen molar-refractivity contribution in [1.82, 2.24) is 9.97 Å². The summed E-state index contributed by atoms with van der Waals surface area (Å²) in [5, 5.41) is 5.09. The van der Waals surface area contributed by atoms with Crippen LogP contribution < -0.4 is 20.6 Å². The Hall–Kier alpha value is -3.22. The minimum Gasteiger partial charge on any atom is -0.457 e. The van der Waals surface area contributed by atoms with Crippen molar-refractivity contribution in [3.05, 3.63) is 71.0 Å². The van der Waals surface area contributed by atoms with Crippen LogP contribution in [0.1, 0.15) is 5.56 Å². The van der Waals surface area contributed by atoms with Gasteiger partial charge in [-0.25, -0.2) is 9.97 Å². The Kier molecular flexibility index (Phi) is 5.55. The molecule has 0 fully saturated rings. The van der Waals surface area contributed by atoms with Gasteiger partial charge in [-0.2, -0.15) is 0 Å². The molecule has 0 amide bonds. The molecule has 0 saturated carbocycles. The summed E-state index contributed by atoms with van der Waals surface area (Å²) in [6.45, 7) is 2.02. The molecule has 6 heteroatoms. The average Bonchev–Trinajstić information content (AvgIpc) is 2.76. The number of hydrogen-bond acceptors (Lipinski definition) is 6. The molecule has 4 rings (SSSR count). The molecule has 2 aromatic carbocycles. The molecule has 148 valence electrons. The van der Waals surface area contributed by atoms with Crippen LogP contribution in [0.4, 0.5) is 11.5 Å². The van der Waals surface area contributed by atoms with Crippen molar-refractivity contribution in [1.29, 1.82) is 0 Å². The van der Waals surface area contributed by atoms with E-state index < -0.39 is 0 Å². The van der Waals surface area contributed by atoms with Gasteiger partial charge in [0.25, 0.3) is 0 Å². The number of anilines is 2. The van der Waals surface area contributed by atoms with Crippen LogP contribution in [0.25, 0.3) is 12.2 Å². The van der Waals surface area contributed by atoms with Gasteiger partial charge >= 0.3 is 0 Å². The highest BCUT2D eigenvalue weighted by Crippen LogP contribution is 2.28. The Bertz CT molecular complexity index is 1120. The van der Waals surface area contributed by atoms with Gasteiger partial charge in [-0.1, -0.05) is 24.3 Å². The lowest BCUT2D eigenvalue weighted by Gasteiger charge is -2.22. The number of para-hydroxylation sites is 1. The minimum atomic E-state index is -0.200. The molecule has 0 aliphatic heterocycles. The van der Waals surface area contributed by atoms with Crippen LogP contribution in [0.15, 0.2) is 54.9 Å². The second-order valence-electron chi connectivity index (χ2n) is 6.78. The summed E-state index contributed by atoms with van der Waals surface area (Å²) in [5.74, 6) is 2.29. The van der Waals surface area contributed by atoms with E-state index in [9.17, 15) is 0 Å². The van der Waals surface area contributed by atoms with Crippen molar-refractivity contribution in [2.24, 2.45) is 0 Å². The maximum Gasteiger partial charge on any atom is 0.141 e. The number of methoxy groups -OCH3 is 2. The van der Waals surface area contributed by atoms with E-state index in [1.165, 1.54) is 0 Å². The molecule has 2 atom stereocenters.